The number of carbonyl (C=O) groups excluding carboxylic acids is 1. The number of benzene rings is 2. The summed E-state index contributed by atoms with van der Waals surface area (Å²) in [5.74, 6) is -2.83. The van der Waals surface area contributed by atoms with Crippen molar-refractivity contribution >= 4 is 5.97 Å². The lowest BCUT2D eigenvalue weighted by Gasteiger charge is -2.29. The van der Waals surface area contributed by atoms with E-state index in [2.05, 4.69) is 0 Å². The fourth-order valence-corrected chi connectivity index (χ4v) is 5.62. The highest BCUT2D eigenvalue weighted by molar-refractivity contribution is 5.90. The Bertz CT molecular complexity index is 1040. The van der Waals surface area contributed by atoms with Crippen molar-refractivity contribution in [2.45, 2.75) is 89.3 Å². The van der Waals surface area contributed by atoms with Crippen molar-refractivity contribution in [1.29, 1.82) is 0 Å². The summed E-state index contributed by atoms with van der Waals surface area (Å²) in [6.07, 6.45) is 5.20. The van der Waals surface area contributed by atoms with Gasteiger partial charge in [0.25, 0.3) is 0 Å². The molecule has 2 aliphatic rings. The Morgan fingerprint density at radius 1 is 0.778 bits per heavy atom. The Hall–Kier alpha value is -2.54. The van der Waals surface area contributed by atoms with Gasteiger partial charge < -0.3 is 14.2 Å². The van der Waals surface area contributed by atoms with Crippen LogP contribution >= 0.6 is 0 Å². The van der Waals surface area contributed by atoms with Crippen LogP contribution < -0.4 is 4.74 Å². The van der Waals surface area contributed by atoms with E-state index in [0.717, 1.165) is 25.7 Å². The normalized spacial score (nSPS) is 24.4. The van der Waals surface area contributed by atoms with Crippen LogP contribution in [0, 0.1) is 17.5 Å². The molecule has 0 aliphatic heterocycles. The first-order valence-electron chi connectivity index (χ1n) is 13.1. The van der Waals surface area contributed by atoms with E-state index >= 15 is 0 Å². The van der Waals surface area contributed by atoms with Crippen LogP contribution in [0.3, 0.4) is 0 Å². The quantitative estimate of drug-likeness (QED) is 0.350. The minimum atomic E-state index is -1.14. The molecular formula is C29H35F3O4. The van der Waals surface area contributed by atoms with E-state index in [9.17, 15) is 18.0 Å². The van der Waals surface area contributed by atoms with Crippen molar-refractivity contribution in [2.24, 2.45) is 0 Å². The lowest BCUT2D eigenvalue weighted by atomic mass is 9.82. The molecule has 0 bridgehead atoms. The summed E-state index contributed by atoms with van der Waals surface area (Å²) in [7, 11) is 0. The minimum absolute atomic E-state index is 0.0157. The van der Waals surface area contributed by atoms with Gasteiger partial charge in [-0.3, -0.25) is 0 Å². The average Bonchev–Trinajstić information content (AvgIpc) is 2.87. The molecule has 0 spiro atoms. The Morgan fingerprint density at radius 3 is 2.00 bits per heavy atom. The van der Waals surface area contributed by atoms with Crippen molar-refractivity contribution in [3.63, 3.8) is 0 Å². The van der Waals surface area contributed by atoms with Crippen LogP contribution in [0.5, 0.6) is 5.75 Å². The standard InChI is InChI=1S/C29H35F3O4/c1-3-34-20-9-5-19(6-10-20)24-15-16-25(28(32)27(24)31)29(33)36-21-11-7-18(8-12-21)23-14-13-22(35-4-2)17-26(23)30/h13-21H,3-12H2,1-2H3. The largest absolute Gasteiger partial charge is 0.494 e. The van der Waals surface area contributed by atoms with Gasteiger partial charge in [-0.15, -0.1) is 0 Å². The number of rotatable bonds is 8. The molecule has 0 N–H and O–H groups in total. The second-order valence-electron chi connectivity index (χ2n) is 9.75. The molecule has 36 heavy (non-hydrogen) atoms. The number of esters is 1. The molecule has 4 nitrogen and oxygen atoms in total. The van der Waals surface area contributed by atoms with Gasteiger partial charge in [0.05, 0.1) is 18.3 Å². The van der Waals surface area contributed by atoms with E-state index in [1.54, 1.807) is 12.1 Å². The smallest absolute Gasteiger partial charge is 0.341 e. The summed E-state index contributed by atoms with van der Waals surface area (Å²) >= 11 is 0. The molecule has 0 aromatic heterocycles. The van der Waals surface area contributed by atoms with E-state index in [0.29, 0.717) is 55.8 Å². The fraction of sp³-hybridized carbons (Fsp3) is 0.552. The molecule has 0 amide bonds. The third-order valence-electron chi connectivity index (χ3n) is 7.52. The first-order valence-corrected chi connectivity index (χ1v) is 13.1. The third-order valence-corrected chi connectivity index (χ3v) is 7.52. The van der Waals surface area contributed by atoms with Crippen LogP contribution in [0.1, 0.15) is 98.5 Å². The van der Waals surface area contributed by atoms with Gasteiger partial charge in [0.2, 0.25) is 0 Å². The zero-order chi connectivity index (χ0) is 25.7. The van der Waals surface area contributed by atoms with Crippen LogP contribution in [0.2, 0.25) is 0 Å². The van der Waals surface area contributed by atoms with Crippen molar-refractivity contribution < 1.29 is 32.2 Å². The molecule has 2 saturated carbocycles. The molecule has 196 valence electrons. The highest BCUT2D eigenvalue weighted by Crippen LogP contribution is 2.38. The average molecular weight is 505 g/mol. The maximum atomic E-state index is 14.9. The van der Waals surface area contributed by atoms with E-state index in [-0.39, 0.29) is 29.3 Å². The van der Waals surface area contributed by atoms with Gasteiger partial charge in [-0.2, -0.15) is 0 Å². The number of halogens is 3. The molecule has 2 aromatic rings. The maximum Gasteiger partial charge on any atom is 0.341 e. The SMILES string of the molecule is CCOc1ccc(C2CCC(OC(=O)c3ccc(C4CCC(OCC)CC4)c(F)c3F)CC2)c(F)c1. The van der Waals surface area contributed by atoms with E-state index in [1.165, 1.54) is 18.2 Å². The summed E-state index contributed by atoms with van der Waals surface area (Å²) in [5.41, 5.74) is 0.568. The van der Waals surface area contributed by atoms with Gasteiger partial charge in [-0.1, -0.05) is 12.1 Å². The first kappa shape index (κ1) is 26.5. The highest BCUT2D eigenvalue weighted by Gasteiger charge is 2.30. The summed E-state index contributed by atoms with van der Waals surface area (Å²) in [6, 6.07) is 7.77. The molecule has 0 heterocycles. The number of hydrogen-bond acceptors (Lipinski definition) is 4. The van der Waals surface area contributed by atoms with E-state index in [4.69, 9.17) is 14.2 Å². The topological polar surface area (TPSA) is 44.8 Å². The van der Waals surface area contributed by atoms with Crippen molar-refractivity contribution in [3.05, 3.63) is 64.5 Å². The van der Waals surface area contributed by atoms with Crippen molar-refractivity contribution in [3.8, 4) is 5.75 Å². The van der Waals surface area contributed by atoms with Crippen LogP contribution in [0.15, 0.2) is 30.3 Å². The highest BCUT2D eigenvalue weighted by atomic mass is 19.2. The Labute approximate surface area is 211 Å². The molecule has 2 fully saturated rings. The van der Waals surface area contributed by atoms with Crippen molar-refractivity contribution in [2.75, 3.05) is 13.2 Å². The third kappa shape index (κ3) is 6.05. The van der Waals surface area contributed by atoms with Gasteiger partial charge in [-0.05, 0) is 100 Å². The summed E-state index contributed by atoms with van der Waals surface area (Å²) in [4.78, 5) is 12.7. The second-order valence-corrected chi connectivity index (χ2v) is 9.75. The van der Waals surface area contributed by atoms with Gasteiger partial charge in [0.1, 0.15) is 17.7 Å². The first-order chi connectivity index (χ1) is 17.4. The van der Waals surface area contributed by atoms with Crippen LogP contribution in [-0.2, 0) is 9.47 Å². The van der Waals surface area contributed by atoms with Gasteiger partial charge in [-0.25, -0.2) is 18.0 Å². The molecule has 2 aliphatic carbocycles. The predicted molar refractivity (Wildman–Crippen MR) is 131 cm³/mol. The molecule has 2 aromatic carbocycles. The lowest BCUT2D eigenvalue weighted by Crippen LogP contribution is -2.25. The number of hydrogen-bond donors (Lipinski definition) is 0. The summed E-state index contributed by atoms with van der Waals surface area (Å²) in [6.45, 7) is 4.91. The zero-order valence-corrected chi connectivity index (χ0v) is 21.0. The maximum absolute atomic E-state index is 14.9. The number of carbonyl (C=O) groups is 1. The van der Waals surface area contributed by atoms with Crippen molar-refractivity contribution in [1.82, 2.24) is 0 Å². The van der Waals surface area contributed by atoms with Gasteiger partial charge in [0, 0.05) is 12.7 Å². The Balaban J connectivity index is 1.33. The van der Waals surface area contributed by atoms with Gasteiger partial charge in [0.15, 0.2) is 11.6 Å². The zero-order valence-electron chi connectivity index (χ0n) is 21.0. The molecule has 0 atom stereocenters. The molecule has 7 heteroatoms. The van der Waals surface area contributed by atoms with E-state index in [1.807, 2.05) is 13.8 Å². The number of ether oxygens (including phenoxy) is 3. The van der Waals surface area contributed by atoms with Gasteiger partial charge >= 0.3 is 5.97 Å². The molecule has 0 unspecified atom stereocenters. The summed E-state index contributed by atoms with van der Waals surface area (Å²) in [5, 5.41) is 0. The van der Waals surface area contributed by atoms with E-state index < -0.39 is 23.7 Å². The molecule has 0 radical (unpaired) electrons. The fourth-order valence-electron chi connectivity index (χ4n) is 5.62. The van der Waals surface area contributed by atoms with Crippen LogP contribution in [0.25, 0.3) is 0 Å². The Kier molecular flexibility index (Phi) is 8.94. The van der Waals surface area contributed by atoms with Crippen LogP contribution in [-0.4, -0.2) is 31.4 Å². The molecule has 4 rings (SSSR count). The molecule has 0 saturated heterocycles. The van der Waals surface area contributed by atoms with Crippen LogP contribution in [0.4, 0.5) is 13.2 Å². The predicted octanol–water partition coefficient (Wildman–Crippen LogP) is 7.45. The second kappa shape index (κ2) is 12.1. The Morgan fingerprint density at radius 2 is 1.39 bits per heavy atom. The summed E-state index contributed by atoms with van der Waals surface area (Å²) < 4.78 is 60.9. The monoisotopic (exact) mass is 504 g/mol. The lowest BCUT2D eigenvalue weighted by molar-refractivity contribution is 0.0188. The minimum Gasteiger partial charge on any atom is -0.494 e. The molecular weight excluding hydrogens is 469 g/mol.